The average Bonchev–Trinajstić information content (AvgIpc) is 3.92. The van der Waals surface area contributed by atoms with Crippen molar-refractivity contribution in [2.45, 2.75) is 24.9 Å². The molecule has 62 heavy (non-hydrogen) atoms. The Morgan fingerprint density at radius 2 is 0.839 bits per heavy atom. The molecule has 2 heterocycles. The summed E-state index contributed by atoms with van der Waals surface area (Å²) >= 11 is 0. The summed E-state index contributed by atoms with van der Waals surface area (Å²) in [6, 6.07) is -2.62. The molecule has 3 radical (unpaired) electrons. The third kappa shape index (κ3) is 47.1. The van der Waals surface area contributed by atoms with Crippen molar-refractivity contribution in [1.82, 2.24) is 45.4 Å². The zero-order valence-electron chi connectivity index (χ0n) is 31.5. The fourth-order valence-corrected chi connectivity index (χ4v) is 3.95. The minimum atomic E-state index is -1.31. The Hall–Kier alpha value is -3.98. The van der Waals surface area contributed by atoms with Crippen molar-refractivity contribution in [2.24, 2.45) is 0 Å². The van der Waals surface area contributed by atoms with E-state index in [1.807, 2.05) is 0 Å². The van der Waals surface area contributed by atoms with Crippen molar-refractivity contribution in [1.29, 1.82) is 0 Å². The SMILES string of the molecule is O.O.O.O=C(O)CN(CCN(O)CCN(CC(=O)O)CC(=O)NC(Cc1cnc[nH]1)C(=O)O)CC(=O)NC(Cc1cnc[nH]1)C(=O)O.[99Tc].[99Tc].[C-]#[O+].[C-]#[O+].[C-]#[O+].[C-]#[O+].[C-]#[O+].[C-]#[O+].[Gd+3]. The van der Waals surface area contributed by atoms with Gasteiger partial charge in [0.15, 0.2) is 0 Å². The molecule has 0 bridgehead atoms. The zero-order valence-corrected chi connectivity index (χ0v) is 37.5. The Labute approximate surface area is 410 Å². The molecule has 0 spiro atoms. The number of carbonyl (C=O) groups is 6. The molecule has 2 rings (SSSR count). The van der Waals surface area contributed by atoms with Gasteiger partial charge in [-0.15, -0.1) is 0 Å². The molecule has 0 aliphatic heterocycles. The summed E-state index contributed by atoms with van der Waals surface area (Å²) < 4.78 is 45.0. The molecule has 0 fully saturated rings. The number of aromatic amines is 2. The molecule has 15 N–H and O–H groups in total. The van der Waals surface area contributed by atoms with Gasteiger partial charge in [-0.1, -0.05) is 0 Å². The van der Waals surface area contributed by atoms with Crippen LogP contribution in [0.4, 0.5) is 0 Å². The fourth-order valence-electron chi connectivity index (χ4n) is 3.95. The molecule has 0 saturated heterocycles. The molecule has 0 saturated carbocycles. The van der Waals surface area contributed by atoms with Gasteiger partial charge >= 0.3 is 132 Å². The number of rotatable bonds is 22. The average molecular weight is 1200 g/mol. The first-order chi connectivity index (χ1) is 26.8. The number of amides is 2. The van der Waals surface area contributed by atoms with E-state index in [0.717, 1.165) is 14.9 Å². The van der Waals surface area contributed by atoms with Crippen molar-refractivity contribution < 1.29 is 179 Å². The first kappa shape index (κ1) is 85.3. The standard InChI is InChI=1S/C24H35N9O11.6CO.Gd.3H2O.2Tc/c34-19(29-17(23(40)41)5-15-7-25-13-27-15)9-31(11-21(36)37)1-3-33(44)4-2-32(12-22(38)39)10-20(35)30-18(24(42)43)6-16-8-26-14-28-16;6*1-2;;;;;;/h7-8,13-14,17-18,44H,1-6,9-12H2,(H,25,27)(H,26,28)(H,29,34)(H,30,35)(H,36,37)(H,38,39)(H,40,41)(H,42,43);;;;;;;;3*1H2;;/q;;;;;;;+3;;;;;/i;;;;;;;;;;;2*1+1. The molecule has 29 nitrogen and oxygen atoms in total. The summed E-state index contributed by atoms with van der Waals surface area (Å²) in [7, 11) is 0. The van der Waals surface area contributed by atoms with Crippen LogP contribution in [0.2, 0.25) is 0 Å². The van der Waals surface area contributed by atoms with Gasteiger partial charge in [0.05, 0.1) is 38.8 Å². The number of hydrogen-bond donors (Lipinski definition) is 9. The van der Waals surface area contributed by atoms with E-state index >= 15 is 0 Å². The van der Waals surface area contributed by atoms with Crippen LogP contribution in [0.3, 0.4) is 0 Å². The van der Waals surface area contributed by atoms with E-state index in [2.05, 4.69) is 70.5 Å². The Morgan fingerprint density at radius 1 is 0.565 bits per heavy atom. The van der Waals surface area contributed by atoms with Gasteiger partial charge in [0, 0.05) is 103 Å². The minimum absolute atomic E-state index is 0. The predicted molar refractivity (Wildman–Crippen MR) is 180 cm³/mol. The number of carboxylic acids is 4. The van der Waals surface area contributed by atoms with Gasteiger partial charge < -0.3 is 62.7 Å². The Bertz CT molecular complexity index is 1410. The minimum Gasteiger partial charge on any atom is 3.00 e. The van der Waals surface area contributed by atoms with E-state index in [9.17, 15) is 54.4 Å². The second kappa shape index (κ2) is 59.1. The monoisotopic (exact) mass is 1200 g/mol. The van der Waals surface area contributed by atoms with Gasteiger partial charge in [0.25, 0.3) is 0 Å². The van der Waals surface area contributed by atoms with Gasteiger partial charge in [-0.25, -0.2) is 19.6 Å². The Balaban J connectivity index is -0.000000147. The van der Waals surface area contributed by atoms with E-state index in [0.29, 0.717) is 11.4 Å². The van der Waals surface area contributed by atoms with Crippen LogP contribution in [0, 0.1) is 79.8 Å². The molecule has 2 unspecified atom stereocenters. The summed E-state index contributed by atoms with van der Waals surface area (Å²) in [5, 5.41) is 53.0. The van der Waals surface area contributed by atoms with E-state index in [1.54, 1.807) is 0 Å². The molecule has 0 aliphatic rings. The number of imidazole rings is 2. The van der Waals surface area contributed by atoms with Crippen LogP contribution in [0.5, 0.6) is 0 Å². The summed E-state index contributed by atoms with van der Waals surface area (Å²) in [6.07, 6.45) is 5.31. The van der Waals surface area contributed by atoms with E-state index < -0.39 is 74.0 Å². The van der Waals surface area contributed by atoms with Crippen LogP contribution in [0.15, 0.2) is 25.0 Å². The van der Waals surface area contributed by atoms with Crippen molar-refractivity contribution in [3.05, 3.63) is 76.3 Å². The quantitative estimate of drug-likeness (QED) is 0.0301. The zero-order chi connectivity index (χ0) is 44.6. The maximum Gasteiger partial charge on any atom is 3.00 e. The second-order valence-electron chi connectivity index (χ2n) is 9.64. The van der Waals surface area contributed by atoms with Crippen LogP contribution in [0.25, 0.3) is 0 Å². The Morgan fingerprint density at radius 3 is 1.05 bits per heavy atom. The Kier molecular flexibility index (Phi) is 81.4. The second-order valence-corrected chi connectivity index (χ2v) is 9.64. The predicted octanol–water partition coefficient (Wildman–Crippen LogP) is -6.18. The third-order valence-electron chi connectivity index (χ3n) is 6.03. The number of H-pyrrole nitrogens is 2. The van der Waals surface area contributed by atoms with Gasteiger partial charge in [-0.2, -0.15) is 5.06 Å². The number of nitrogens with one attached hydrogen (secondary N) is 4. The molecule has 32 heteroatoms. The molecule has 0 aliphatic carbocycles. The number of carbonyl (C=O) groups excluding carboxylic acids is 2. The van der Waals surface area contributed by atoms with Crippen molar-refractivity contribution in [2.75, 3.05) is 52.4 Å². The summed E-state index contributed by atoms with van der Waals surface area (Å²) in [4.78, 5) is 86.0. The molecular weight excluding hydrogens is 1160 g/mol. The maximum absolute atomic E-state index is 12.5. The number of hydroxylamine groups is 2. The van der Waals surface area contributed by atoms with E-state index in [4.69, 9.17) is 27.9 Å². The first-order valence-electron chi connectivity index (χ1n) is 14.4. The smallest absolute Gasteiger partial charge is 3.00 e. The van der Waals surface area contributed by atoms with Gasteiger partial charge in [-0.3, -0.25) is 29.0 Å². The summed E-state index contributed by atoms with van der Waals surface area (Å²) in [6.45, 7) is 24.1. The van der Waals surface area contributed by atoms with Crippen LogP contribution >= 0.6 is 0 Å². The van der Waals surface area contributed by atoms with E-state index in [1.165, 1.54) is 25.0 Å². The number of aromatic nitrogens is 4. The van der Waals surface area contributed by atoms with Crippen LogP contribution in [0.1, 0.15) is 11.4 Å². The third-order valence-corrected chi connectivity index (χ3v) is 6.03. The van der Waals surface area contributed by atoms with Crippen LogP contribution in [-0.2, 0) is 110 Å². The largest absolute Gasteiger partial charge is 3.00 e. The number of aliphatic carboxylic acids is 4. The first-order valence-corrected chi connectivity index (χ1v) is 14.4. The molecule has 2 atom stereocenters. The van der Waals surface area contributed by atoms with Crippen LogP contribution in [-0.4, -0.2) is 177 Å². The van der Waals surface area contributed by atoms with Gasteiger partial charge in [-0.05, 0) is 0 Å². The van der Waals surface area contributed by atoms with E-state index in [-0.39, 0.29) is 136 Å². The number of nitrogens with zero attached hydrogens (tertiary/aromatic N) is 5. The van der Waals surface area contributed by atoms with Crippen molar-refractivity contribution >= 4 is 35.7 Å². The molecule has 2 aromatic heterocycles. The molecule has 345 valence electrons. The molecule has 2 aromatic rings. The van der Waals surface area contributed by atoms with Crippen LogP contribution < -0.4 is 10.6 Å². The molecular formula is C30H41GdN9O20Tc2+3. The molecule has 2 amide bonds. The fraction of sp³-hybridized carbons (Fsp3) is 0.400. The van der Waals surface area contributed by atoms with Gasteiger partial charge in [0.1, 0.15) is 12.1 Å². The van der Waals surface area contributed by atoms with Gasteiger partial charge in [0.2, 0.25) is 11.8 Å². The number of hydrogen-bond acceptors (Lipinski definition) is 12. The molecule has 0 aromatic carbocycles. The summed E-state index contributed by atoms with van der Waals surface area (Å²) in [5.74, 6) is -6.71. The topological polar surface area (TPSA) is 509 Å². The maximum atomic E-state index is 12.5. The van der Waals surface area contributed by atoms with Crippen molar-refractivity contribution in [3.8, 4) is 0 Å². The number of carboxylic acid groups (broad SMARTS) is 4. The summed E-state index contributed by atoms with van der Waals surface area (Å²) in [5.41, 5.74) is 0.919. The van der Waals surface area contributed by atoms with Crippen molar-refractivity contribution in [3.63, 3.8) is 0 Å². The normalized spacial score (nSPS) is 9.16.